The highest BCUT2D eigenvalue weighted by atomic mass is 16.4. The topological polar surface area (TPSA) is 69.6 Å². The molecule has 1 aliphatic rings. The lowest BCUT2D eigenvalue weighted by atomic mass is 9.89. The van der Waals surface area contributed by atoms with Gasteiger partial charge in [0.1, 0.15) is 0 Å². The van der Waals surface area contributed by atoms with Crippen molar-refractivity contribution in [1.82, 2.24) is 0 Å². The van der Waals surface area contributed by atoms with E-state index in [0.29, 0.717) is 5.69 Å². The number of nitrogens with one attached hydrogen (secondary N) is 1. The molecule has 1 aliphatic heterocycles. The Morgan fingerprint density at radius 1 is 0.871 bits per heavy atom. The van der Waals surface area contributed by atoms with Crippen molar-refractivity contribution in [3.05, 3.63) is 102 Å². The normalized spacial score (nSPS) is 17.7. The Bertz CT molecular complexity index is 1130. The summed E-state index contributed by atoms with van der Waals surface area (Å²) in [4.78, 5) is 26.1. The zero-order chi connectivity index (χ0) is 21.8. The summed E-state index contributed by atoms with van der Waals surface area (Å²) in [7, 11) is 0. The number of aliphatic carboxylic acids is 1. The Morgan fingerprint density at radius 2 is 1.48 bits per heavy atom. The number of carboxylic acid groups (broad SMARTS) is 1. The van der Waals surface area contributed by atoms with Gasteiger partial charge in [-0.2, -0.15) is 0 Å². The summed E-state index contributed by atoms with van der Waals surface area (Å²) in [5, 5.41) is 12.7. The van der Waals surface area contributed by atoms with Crippen molar-refractivity contribution in [2.75, 3.05) is 10.2 Å². The van der Waals surface area contributed by atoms with E-state index in [1.165, 1.54) is 0 Å². The van der Waals surface area contributed by atoms with Crippen LogP contribution >= 0.6 is 0 Å². The highest BCUT2D eigenvalue weighted by Gasteiger charge is 2.34. The summed E-state index contributed by atoms with van der Waals surface area (Å²) < 4.78 is 0. The van der Waals surface area contributed by atoms with Gasteiger partial charge in [0, 0.05) is 6.42 Å². The van der Waals surface area contributed by atoms with E-state index in [1.807, 2.05) is 72.8 Å². The van der Waals surface area contributed by atoms with Crippen molar-refractivity contribution in [1.29, 1.82) is 0 Å². The van der Waals surface area contributed by atoms with Gasteiger partial charge in [0.25, 0.3) is 0 Å². The van der Waals surface area contributed by atoms with Gasteiger partial charge in [-0.1, -0.05) is 72.8 Å². The number of fused-ring (bicyclic) bond motifs is 1. The van der Waals surface area contributed by atoms with Crippen LogP contribution in [0.1, 0.15) is 30.9 Å². The van der Waals surface area contributed by atoms with E-state index in [-0.39, 0.29) is 18.7 Å². The molecular weight excluding hydrogens is 388 g/mol. The lowest BCUT2D eigenvalue weighted by molar-refractivity contribution is -0.138. The second kappa shape index (κ2) is 8.48. The third-order valence-electron chi connectivity index (χ3n) is 5.45. The van der Waals surface area contributed by atoms with Gasteiger partial charge in [-0.3, -0.25) is 14.5 Å². The number of rotatable bonds is 5. The van der Waals surface area contributed by atoms with Crippen LogP contribution in [0, 0.1) is 0 Å². The van der Waals surface area contributed by atoms with E-state index in [2.05, 4.69) is 30.4 Å². The molecule has 2 N–H and O–H groups in total. The first-order chi connectivity index (χ1) is 15.0. The van der Waals surface area contributed by atoms with Crippen molar-refractivity contribution in [2.45, 2.75) is 25.3 Å². The second-order valence-electron chi connectivity index (χ2n) is 7.73. The molecule has 1 amide bonds. The number of amides is 1. The number of carbonyl (C=O) groups excluding carboxylic acids is 1. The minimum Gasteiger partial charge on any atom is -0.481 e. The molecule has 0 bridgehead atoms. The fraction of sp³-hybridized carbons (Fsp3) is 0.154. The average molecular weight is 412 g/mol. The van der Waals surface area contributed by atoms with Gasteiger partial charge in [-0.15, -0.1) is 0 Å². The van der Waals surface area contributed by atoms with Crippen LogP contribution in [0.2, 0.25) is 0 Å². The number of para-hydroxylation sites is 2. The molecule has 0 spiro atoms. The Kier molecular flexibility index (Phi) is 5.58. The highest BCUT2D eigenvalue weighted by Crippen LogP contribution is 2.42. The van der Waals surface area contributed by atoms with E-state index >= 15 is 0 Å². The Hall–Kier alpha value is -3.86. The lowest BCUT2D eigenvalue weighted by Gasteiger charge is -2.29. The molecule has 1 atom stereocenters. The molecule has 0 fully saturated rings. The van der Waals surface area contributed by atoms with Crippen LogP contribution in [-0.2, 0) is 15.1 Å². The van der Waals surface area contributed by atoms with Gasteiger partial charge in [0.2, 0.25) is 5.91 Å². The van der Waals surface area contributed by atoms with Gasteiger partial charge < -0.3 is 10.4 Å². The SMILES string of the molecule is CC1(c2ccccc2)C=C(c2ccccc2)N(C(=O)CCC(=O)O)c2ccccc2N1. The highest BCUT2D eigenvalue weighted by molar-refractivity contribution is 6.09. The monoisotopic (exact) mass is 412 g/mol. The molecule has 1 unspecified atom stereocenters. The average Bonchev–Trinajstić information content (AvgIpc) is 2.93. The number of carbonyl (C=O) groups is 2. The summed E-state index contributed by atoms with van der Waals surface area (Å²) in [6.07, 6.45) is 1.75. The van der Waals surface area contributed by atoms with Crippen molar-refractivity contribution >= 4 is 28.9 Å². The molecule has 31 heavy (non-hydrogen) atoms. The molecule has 0 saturated heterocycles. The van der Waals surface area contributed by atoms with E-state index in [4.69, 9.17) is 5.11 Å². The van der Waals surface area contributed by atoms with Crippen LogP contribution in [0.25, 0.3) is 5.70 Å². The summed E-state index contributed by atoms with van der Waals surface area (Å²) >= 11 is 0. The summed E-state index contributed by atoms with van der Waals surface area (Å²) in [6.45, 7) is 2.08. The Morgan fingerprint density at radius 3 is 2.16 bits per heavy atom. The number of benzene rings is 3. The largest absolute Gasteiger partial charge is 0.481 e. The predicted octanol–water partition coefficient (Wildman–Crippen LogP) is 5.27. The zero-order valence-corrected chi connectivity index (χ0v) is 17.3. The van der Waals surface area contributed by atoms with Crippen LogP contribution in [0.3, 0.4) is 0 Å². The maximum Gasteiger partial charge on any atom is 0.303 e. The second-order valence-corrected chi connectivity index (χ2v) is 7.73. The smallest absolute Gasteiger partial charge is 0.303 e. The van der Waals surface area contributed by atoms with E-state index in [1.54, 1.807) is 4.90 Å². The first-order valence-corrected chi connectivity index (χ1v) is 10.2. The van der Waals surface area contributed by atoms with Crippen molar-refractivity contribution in [3.63, 3.8) is 0 Å². The van der Waals surface area contributed by atoms with Gasteiger partial charge in [0.05, 0.1) is 29.0 Å². The summed E-state index contributed by atoms with van der Waals surface area (Å²) in [5.74, 6) is -1.25. The van der Waals surface area contributed by atoms with Crippen molar-refractivity contribution < 1.29 is 14.7 Å². The molecule has 3 aromatic carbocycles. The molecule has 5 heteroatoms. The van der Waals surface area contributed by atoms with Gasteiger partial charge in [-0.25, -0.2) is 0 Å². The van der Waals surface area contributed by atoms with Crippen molar-refractivity contribution in [3.8, 4) is 0 Å². The maximum absolute atomic E-state index is 13.3. The quantitative estimate of drug-likeness (QED) is 0.599. The minimum absolute atomic E-state index is 0.0874. The third kappa shape index (κ3) is 4.21. The van der Waals surface area contributed by atoms with Gasteiger partial charge in [-0.05, 0) is 36.3 Å². The molecule has 0 saturated carbocycles. The standard InChI is InChI=1S/C26H24N2O3/c1-26(20-12-6-3-7-13-20)18-23(19-10-4-2-5-11-19)28(24(29)16-17-25(30)31)22-15-9-8-14-21(22)27-26/h2-15,18,27H,16-17H2,1H3,(H,30,31). The molecule has 3 aromatic rings. The lowest BCUT2D eigenvalue weighted by Crippen LogP contribution is -2.31. The Balaban J connectivity index is 1.94. The fourth-order valence-electron chi connectivity index (χ4n) is 3.91. The van der Waals surface area contributed by atoms with Crippen LogP contribution < -0.4 is 10.2 Å². The van der Waals surface area contributed by atoms with Crippen LogP contribution in [-0.4, -0.2) is 17.0 Å². The maximum atomic E-state index is 13.3. The molecule has 1 heterocycles. The van der Waals surface area contributed by atoms with E-state index in [0.717, 1.165) is 22.5 Å². The first kappa shape index (κ1) is 20.4. The molecule has 0 aromatic heterocycles. The fourth-order valence-corrected chi connectivity index (χ4v) is 3.91. The molecular formula is C26H24N2O3. The van der Waals surface area contributed by atoms with Crippen LogP contribution in [0.15, 0.2) is 91.0 Å². The summed E-state index contributed by atoms with van der Waals surface area (Å²) in [5.41, 5.74) is 3.57. The zero-order valence-electron chi connectivity index (χ0n) is 17.3. The number of nitrogens with zero attached hydrogens (tertiary/aromatic N) is 1. The minimum atomic E-state index is -0.992. The molecule has 5 nitrogen and oxygen atoms in total. The number of carboxylic acids is 1. The third-order valence-corrected chi connectivity index (χ3v) is 5.45. The molecule has 0 aliphatic carbocycles. The van der Waals surface area contributed by atoms with Crippen LogP contribution in [0.5, 0.6) is 0 Å². The molecule has 0 radical (unpaired) electrons. The molecule has 4 rings (SSSR count). The van der Waals surface area contributed by atoms with E-state index < -0.39 is 11.5 Å². The van der Waals surface area contributed by atoms with Crippen molar-refractivity contribution in [2.24, 2.45) is 0 Å². The van der Waals surface area contributed by atoms with E-state index in [9.17, 15) is 9.59 Å². The first-order valence-electron chi connectivity index (χ1n) is 10.2. The number of hydrogen-bond donors (Lipinski definition) is 2. The number of hydrogen-bond acceptors (Lipinski definition) is 3. The van der Waals surface area contributed by atoms with Crippen LogP contribution in [0.4, 0.5) is 11.4 Å². The summed E-state index contributed by atoms with van der Waals surface area (Å²) in [6, 6.07) is 27.4. The number of anilines is 2. The van der Waals surface area contributed by atoms with Gasteiger partial charge in [0.15, 0.2) is 0 Å². The Labute approximate surface area is 181 Å². The predicted molar refractivity (Wildman–Crippen MR) is 123 cm³/mol. The van der Waals surface area contributed by atoms with Gasteiger partial charge >= 0.3 is 5.97 Å². The molecule has 156 valence electrons.